The highest BCUT2D eigenvalue weighted by Gasteiger charge is 2.27. The minimum absolute atomic E-state index is 0.151. The number of thioether (sulfide) groups is 1. The molecule has 2 N–H and O–H groups in total. The van der Waals surface area contributed by atoms with Gasteiger partial charge in [-0.1, -0.05) is 48.1 Å². The van der Waals surface area contributed by atoms with E-state index in [9.17, 15) is 13.2 Å². The van der Waals surface area contributed by atoms with Crippen molar-refractivity contribution in [2.45, 2.75) is 41.8 Å². The maximum atomic E-state index is 13.2. The highest BCUT2D eigenvalue weighted by molar-refractivity contribution is 8.01. The maximum Gasteiger partial charge on any atom is 0.243 e. The molecule has 2 aromatic rings. The van der Waals surface area contributed by atoms with Gasteiger partial charge in [0.2, 0.25) is 21.1 Å². The van der Waals surface area contributed by atoms with Crippen LogP contribution < -0.4 is 10.6 Å². The number of hydrogen-bond acceptors (Lipinski definition) is 8. The fourth-order valence-corrected chi connectivity index (χ4v) is 6.53. The third-order valence-corrected chi connectivity index (χ3v) is 8.84. The lowest BCUT2D eigenvalue weighted by Crippen LogP contribution is -2.32. The van der Waals surface area contributed by atoms with E-state index in [-0.39, 0.29) is 16.6 Å². The van der Waals surface area contributed by atoms with Crippen LogP contribution in [0.25, 0.3) is 0 Å². The summed E-state index contributed by atoms with van der Waals surface area (Å²) in [5, 5.41) is 14.6. The maximum absolute atomic E-state index is 13.2. The van der Waals surface area contributed by atoms with Gasteiger partial charge in [0.15, 0.2) is 4.34 Å². The molecular weight excluding hydrogens is 454 g/mol. The normalized spacial score (nSPS) is 15.3. The van der Waals surface area contributed by atoms with E-state index >= 15 is 0 Å². The van der Waals surface area contributed by atoms with Gasteiger partial charge in [0.1, 0.15) is 0 Å². The van der Waals surface area contributed by atoms with Gasteiger partial charge in [-0.25, -0.2) is 8.42 Å². The molecule has 11 heteroatoms. The Kier molecular flexibility index (Phi) is 8.47. The lowest BCUT2D eigenvalue weighted by Gasteiger charge is -2.21. The second-order valence-corrected chi connectivity index (χ2v) is 11.3. The Balaban J connectivity index is 1.63. The summed E-state index contributed by atoms with van der Waals surface area (Å²) in [6, 6.07) is 5.01. The zero-order valence-electron chi connectivity index (χ0n) is 17.5. The smallest absolute Gasteiger partial charge is 0.243 e. The Morgan fingerprint density at radius 3 is 2.71 bits per heavy atom. The molecule has 1 aliphatic heterocycles. The fraction of sp³-hybridized carbons (Fsp3) is 0.450. The molecule has 0 unspecified atom stereocenters. The number of carbonyl (C=O) groups excluding carboxylic acids is 1. The molecule has 0 saturated carbocycles. The van der Waals surface area contributed by atoms with Gasteiger partial charge in [-0.15, -0.1) is 16.8 Å². The van der Waals surface area contributed by atoms with Crippen molar-refractivity contribution in [3.8, 4) is 0 Å². The van der Waals surface area contributed by atoms with E-state index in [1.54, 1.807) is 35.5 Å². The summed E-state index contributed by atoms with van der Waals surface area (Å²) in [5.74, 6) is -0.0826. The molecular formula is C20H27N5O3S3. The molecule has 1 aromatic heterocycles. The third-order valence-electron chi connectivity index (χ3n) is 4.79. The average molecular weight is 482 g/mol. The molecule has 1 saturated heterocycles. The quantitative estimate of drug-likeness (QED) is 0.415. The number of hydrogen-bond donors (Lipinski definition) is 2. The molecule has 1 amide bonds. The van der Waals surface area contributed by atoms with Crippen LogP contribution in [0.4, 0.5) is 10.8 Å². The second kappa shape index (κ2) is 11.1. The first kappa shape index (κ1) is 23.7. The summed E-state index contributed by atoms with van der Waals surface area (Å²) in [6.07, 6.45) is 5.59. The first-order valence-corrected chi connectivity index (χ1v) is 13.4. The van der Waals surface area contributed by atoms with Crippen LogP contribution >= 0.6 is 23.1 Å². The minimum atomic E-state index is -3.59. The predicted octanol–water partition coefficient (Wildman–Crippen LogP) is 3.74. The van der Waals surface area contributed by atoms with Crippen molar-refractivity contribution in [2.24, 2.45) is 0 Å². The minimum Gasteiger partial charge on any atom is -0.357 e. The van der Waals surface area contributed by atoms with E-state index in [0.717, 1.165) is 25.7 Å². The molecule has 0 radical (unpaired) electrons. The van der Waals surface area contributed by atoms with Gasteiger partial charge < -0.3 is 10.6 Å². The Morgan fingerprint density at radius 2 is 2.00 bits per heavy atom. The zero-order chi connectivity index (χ0) is 22.3. The number of aryl methyl sites for hydroxylation is 1. The van der Waals surface area contributed by atoms with Crippen LogP contribution in [-0.4, -0.2) is 54.2 Å². The van der Waals surface area contributed by atoms with Crippen LogP contribution in [0, 0.1) is 6.92 Å². The number of nitrogens with one attached hydrogen (secondary N) is 2. The second-order valence-electron chi connectivity index (χ2n) is 7.18. The number of rotatable bonds is 9. The van der Waals surface area contributed by atoms with E-state index in [2.05, 4.69) is 27.4 Å². The van der Waals surface area contributed by atoms with Crippen molar-refractivity contribution in [1.82, 2.24) is 14.5 Å². The number of benzene rings is 1. The third kappa shape index (κ3) is 6.52. The van der Waals surface area contributed by atoms with Crippen LogP contribution in [0.2, 0.25) is 0 Å². The van der Waals surface area contributed by atoms with E-state index in [1.807, 2.05) is 0 Å². The van der Waals surface area contributed by atoms with E-state index in [4.69, 9.17) is 0 Å². The number of anilines is 2. The summed E-state index contributed by atoms with van der Waals surface area (Å²) < 4.78 is 28.6. The Hall–Kier alpha value is -1.95. The summed E-state index contributed by atoms with van der Waals surface area (Å²) in [7, 11) is -3.59. The van der Waals surface area contributed by atoms with E-state index < -0.39 is 10.0 Å². The first-order chi connectivity index (χ1) is 14.9. The van der Waals surface area contributed by atoms with Crippen molar-refractivity contribution >= 4 is 49.8 Å². The predicted molar refractivity (Wildman–Crippen MR) is 126 cm³/mol. The SMILES string of the molecule is C=CCNc1nnc(SCC(=O)Nc2ccc(C)c(S(=O)(=O)N3CCCCCC3)c2)s1. The van der Waals surface area contributed by atoms with Crippen LogP contribution in [0.5, 0.6) is 0 Å². The standard InChI is InChI=1S/C20H27N5O3S3/c1-3-10-21-19-23-24-20(30-19)29-14-18(26)22-16-9-8-15(2)17(13-16)31(27,28)25-11-6-4-5-7-12-25/h3,8-9,13H,1,4-7,10-12,14H2,2H3,(H,21,23)(H,22,26). The number of aromatic nitrogens is 2. The van der Waals surface area contributed by atoms with Crippen molar-refractivity contribution in [1.29, 1.82) is 0 Å². The molecule has 1 aliphatic rings. The molecule has 0 spiro atoms. The molecule has 2 heterocycles. The molecule has 0 atom stereocenters. The zero-order valence-corrected chi connectivity index (χ0v) is 19.9. The van der Waals surface area contributed by atoms with Crippen molar-refractivity contribution in [3.05, 3.63) is 36.4 Å². The lowest BCUT2D eigenvalue weighted by molar-refractivity contribution is -0.113. The van der Waals surface area contributed by atoms with Gasteiger partial charge in [-0.3, -0.25) is 4.79 Å². The summed E-state index contributed by atoms with van der Waals surface area (Å²) >= 11 is 2.64. The van der Waals surface area contributed by atoms with Gasteiger partial charge in [0.25, 0.3) is 0 Å². The Morgan fingerprint density at radius 1 is 1.26 bits per heavy atom. The highest BCUT2D eigenvalue weighted by Crippen LogP contribution is 2.27. The molecule has 31 heavy (non-hydrogen) atoms. The largest absolute Gasteiger partial charge is 0.357 e. The van der Waals surface area contributed by atoms with Gasteiger partial charge in [-0.2, -0.15) is 4.31 Å². The summed E-state index contributed by atoms with van der Waals surface area (Å²) in [4.78, 5) is 12.6. The van der Waals surface area contributed by atoms with Gasteiger partial charge in [0, 0.05) is 25.3 Å². The van der Waals surface area contributed by atoms with Gasteiger partial charge in [0.05, 0.1) is 10.6 Å². The summed E-state index contributed by atoms with van der Waals surface area (Å²) in [5.41, 5.74) is 1.14. The van der Waals surface area contributed by atoms with Crippen molar-refractivity contribution in [3.63, 3.8) is 0 Å². The molecule has 168 valence electrons. The lowest BCUT2D eigenvalue weighted by atomic mass is 10.2. The number of amides is 1. The summed E-state index contributed by atoms with van der Waals surface area (Å²) in [6.45, 7) is 7.09. The molecule has 0 bridgehead atoms. The van der Waals surface area contributed by atoms with Gasteiger partial charge in [-0.05, 0) is 37.5 Å². The van der Waals surface area contributed by atoms with Crippen LogP contribution in [0.3, 0.4) is 0 Å². The van der Waals surface area contributed by atoms with Crippen molar-refractivity contribution < 1.29 is 13.2 Å². The molecule has 3 rings (SSSR count). The van der Waals surface area contributed by atoms with Crippen LogP contribution in [-0.2, 0) is 14.8 Å². The number of sulfonamides is 1. The van der Waals surface area contributed by atoms with Gasteiger partial charge >= 0.3 is 0 Å². The monoisotopic (exact) mass is 481 g/mol. The highest BCUT2D eigenvalue weighted by atomic mass is 32.2. The Labute approximate surface area is 191 Å². The van der Waals surface area contributed by atoms with Crippen molar-refractivity contribution in [2.75, 3.05) is 36.0 Å². The average Bonchev–Trinajstić information content (AvgIpc) is 3.01. The topological polar surface area (TPSA) is 104 Å². The number of carbonyl (C=O) groups is 1. The molecule has 1 aromatic carbocycles. The number of nitrogens with zero attached hydrogens (tertiary/aromatic N) is 3. The molecule has 0 aliphatic carbocycles. The Bertz CT molecular complexity index is 1010. The molecule has 1 fully saturated rings. The van der Waals surface area contributed by atoms with E-state index in [0.29, 0.717) is 40.4 Å². The fourth-order valence-electron chi connectivity index (χ4n) is 3.20. The first-order valence-electron chi connectivity index (χ1n) is 10.1. The van der Waals surface area contributed by atoms with Crippen LogP contribution in [0.15, 0.2) is 40.1 Å². The molecule has 8 nitrogen and oxygen atoms in total. The van der Waals surface area contributed by atoms with E-state index in [1.165, 1.54) is 23.1 Å². The van der Waals surface area contributed by atoms with Crippen LogP contribution in [0.1, 0.15) is 31.2 Å².